The second kappa shape index (κ2) is 11.3. The first-order chi connectivity index (χ1) is 17.5. The molecule has 4 rings (SSSR count). The third-order valence-corrected chi connectivity index (χ3v) is 8.94. The molecule has 2 aromatic rings. The fourth-order valence-corrected chi connectivity index (χ4v) is 7.11. The number of carbonyl (C=O) groups excluding carboxylic acids is 3. The lowest BCUT2D eigenvalue weighted by Crippen LogP contribution is -2.83. The van der Waals surface area contributed by atoms with Crippen molar-refractivity contribution in [3.63, 3.8) is 0 Å². The number of benzene rings is 1. The van der Waals surface area contributed by atoms with Crippen molar-refractivity contribution in [2.45, 2.75) is 28.4 Å². The van der Waals surface area contributed by atoms with Gasteiger partial charge in [-0.05, 0) is 23.1 Å². The molecule has 1 aromatic carbocycles. The molecule has 0 spiro atoms. The number of rotatable bonds is 9. The summed E-state index contributed by atoms with van der Waals surface area (Å²) in [6.07, 6.45) is 0. The van der Waals surface area contributed by atoms with Gasteiger partial charge >= 0.3 is 5.97 Å². The van der Waals surface area contributed by atoms with Crippen LogP contribution in [0.15, 0.2) is 47.8 Å². The van der Waals surface area contributed by atoms with E-state index in [1.807, 2.05) is 35.7 Å². The lowest BCUT2D eigenvalue weighted by atomic mass is 9.86. The van der Waals surface area contributed by atoms with Crippen LogP contribution in [0.5, 0.6) is 0 Å². The summed E-state index contributed by atoms with van der Waals surface area (Å²) >= 11 is 20.0. The summed E-state index contributed by atoms with van der Waals surface area (Å²) < 4.78 is 15.3. The highest BCUT2D eigenvalue weighted by atomic mass is 35.6. The van der Waals surface area contributed by atoms with E-state index in [-0.39, 0.29) is 31.4 Å². The molecular formula is C24H25Cl3N2O6S2. The molecule has 2 amide bonds. The maximum absolute atomic E-state index is 13.7. The summed E-state index contributed by atoms with van der Waals surface area (Å²) in [7, 11) is 1.40. The molecule has 0 aliphatic carbocycles. The Morgan fingerprint density at radius 2 is 1.92 bits per heavy atom. The third-order valence-electron chi connectivity index (χ3n) is 6.15. The monoisotopic (exact) mass is 606 g/mol. The smallest absolute Gasteiger partial charge is 0.317 e. The number of amides is 2. The van der Waals surface area contributed by atoms with Gasteiger partial charge in [0.05, 0.1) is 13.2 Å². The van der Waals surface area contributed by atoms with Crippen LogP contribution >= 0.6 is 57.9 Å². The van der Waals surface area contributed by atoms with Gasteiger partial charge in [-0.25, -0.2) is 0 Å². The quantitative estimate of drug-likeness (QED) is 0.180. The van der Waals surface area contributed by atoms with E-state index < -0.39 is 38.8 Å². The molecule has 0 N–H and O–H groups in total. The van der Waals surface area contributed by atoms with Crippen molar-refractivity contribution in [1.29, 1.82) is 0 Å². The van der Waals surface area contributed by atoms with Crippen LogP contribution < -0.4 is 4.90 Å². The first-order valence-electron chi connectivity index (χ1n) is 11.2. The van der Waals surface area contributed by atoms with Gasteiger partial charge in [-0.2, -0.15) is 0 Å². The first-order valence-corrected chi connectivity index (χ1v) is 14.3. The number of thioether (sulfide) groups is 1. The Bertz CT molecular complexity index is 1130. The molecule has 2 fully saturated rings. The topological polar surface area (TPSA) is 85.4 Å². The number of β-lactam (4-membered cyclic amide) rings is 1. The minimum Gasteiger partial charge on any atom is -0.461 e. The van der Waals surface area contributed by atoms with Crippen molar-refractivity contribution in [2.24, 2.45) is 5.41 Å². The summed E-state index contributed by atoms with van der Waals surface area (Å²) in [4.78, 5) is 42.6. The van der Waals surface area contributed by atoms with E-state index >= 15 is 0 Å². The summed E-state index contributed by atoms with van der Waals surface area (Å²) in [6, 6.07) is 13.0. The van der Waals surface area contributed by atoms with Crippen LogP contribution in [0.4, 0.5) is 5.00 Å². The highest BCUT2D eigenvalue weighted by Gasteiger charge is 2.70. The first kappa shape index (κ1) is 28.5. The zero-order chi connectivity index (χ0) is 26.8. The second-order valence-electron chi connectivity index (χ2n) is 8.75. The van der Waals surface area contributed by atoms with Crippen LogP contribution in [-0.2, 0) is 35.2 Å². The maximum atomic E-state index is 13.7. The fourth-order valence-electron chi connectivity index (χ4n) is 4.47. The summed E-state index contributed by atoms with van der Waals surface area (Å²) in [5.41, 5.74) is -1.81. The molecule has 13 heteroatoms. The Labute approximate surface area is 238 Å². The number of halogens is 3. The van der Waals surface area contributed by atoms with Gasteiger partial charge in [0.15, 0.2) is 0 Å². The fraction of sp³-hybridized carbons (Fsp3) is 0.458. The van der Waals surface area contributed by atoms with E-state index in [2.05, 4.69) is 0 Å². The van der Waals surface area contributed by atoms with E-state index in [9.17, 15) is 14.4 Å². The standard InChI is InChI=1S/C24H25Cl3N2O6S2/c1-16(30)29(18-9-6-10-36-18)24(33-2)19(31)28-12-22(15-37-20(24)28,21(32)35-14-23(25,26)27)13-34-11-17-7-4-3-5-8-17/h3-10,20H,11-15H2,1-2H3/t20-,22?,24?/m1/s1. The van der Waals surface area contributed by atoms with Crippen molar-refractivity contribution in [3.05, 3.63) is 53.4 Å². The Morgan fingerprint density at radius 3 is 2.51 bits per heavy atom. The lowest BCUT2D eigenvalue weighted by molar-refractivity contribution is -0.196. The number of fused-ring (bicyclic) bond motifs is 1. The van der Waals surface area contributed by atoms with Gasteiger partial charge in [0.2, 0.25) is 9.70 Å². The molecule has 2 aliphatic rings. The van der Waals surface area contributed by atoms with E-state index in [1.54, 1.807) is 12.1 Å². The van der Waals surface area contributed by atoms with E-state index in [0.29, 0.717) is 5.00 Å². The number of methoxy groups -OCH3 is 1. The molecule has 2 saturated heterocycles. The maximum Gasteiger partial charge on any atom is 0.317 e. The third kappa shape index (κ3) is 5.61. The van der Waals surface area contributed by atoms with Crippen LogP contribution in [0.1, 0.15) is 12.5 Å². The molecule has 3 atom stereocenters. The van der Waals surface area contributed by atoms with Crippen LogP contribution in [-0.4, -0.2) is 70.2 Å². The van der Waals surface area contributed by atoms with Gasteiger partial charge in [-0.3, -0.25) is 19.3 Å². The predicted molar refractivity (Wildman–Crippen MR) is 145 cm³/mol. The van der Waals surface area contributed by atoms with Gasteiger partial charge in [-0.1, -0.05) is 65.1 Å². The molecule has 2 aliphatic heterocycles. The average Bonchev–Trinajstić information content (AvgIpc) is 3.39. The second-order valence-corrected chi connectivity index (χ2v) is 13.3. The Hall–Kier alpha value is -1.53. The van der Waals surface area contributed by atoms with Crippen LogP contribution in [0.3, 0.4) is 0 Å². The Balaban J connectivity index is 1.57. The minimum atomic E-state index is -1.79. The molecule has 0 saturated carbocycles. The number of thiophene rings is 1. The van der Waals surface area contributed by atoms with Gasteiger partial charge < -0.3 is 19.1 Å². The number of carbonyl (C=O) groups is 3. The summed E-state index contributed by atoms with van der Waals surface area (Å²) in [5, 5.41) is 1.87. The van der Waals surface area contributed by atoms with Crippen LogP contribution in [0, 0.1) is 5.41 Å². The Morgan fingerprint density at radius 1 is 1.19 bits per heavy atom. The van der Waals surface area contributed by atoms with Gasteiger partial charge in [-0.15, -0.1) is 23.1 Å². The van der Waals surface area contributed by atoms with Gasteiger partial charge in [0.1, 0.15) is 22.4 Å². The largest absolute Gasteiger partial charge is 0.461 e. The number of hydrogen-bond donors (Lipinski definition) is 0. The van der Waals surface area contributed by atoms with Crippen molar-refractivity contribution >= 4 is 80.7 Å². The van der Waals surface area contributed by atoms with E-state index in [4.69, 9.17) is 49.0 Å². The van der Waals surface area contributed by atoms with E-state index in [1.165, 1.54) is 46.9 Å². The van der Waals surface area contributed by atoms with Gasteiger partial charge in [0, 0.05) is 26.3 Å². The molecule has 200 valence electrons. The zero-order valence-corrected chi connectivity index (χ0v) is 23.9. The SMILES string of the molecule is COC1(N(C(C)=O)c2cccs2)C(=O)N2CC(COCc3ccccc3)(C(=O)OCC(Cl)(Cl)Cl)CS[C@@H]21. The normalized spacial score (nSPS) is 25.3. The van der Waals surface area contributed by atoms with Crippen molar-refractivity contribution in [3.8, 4) is 0 Å². The van der Waals surface area contributed by atoms with Crippen molar-refractivity contribution in [2.75, 3.05) is 37.5 Å². The highest BCUT2D eigenvalue weighted by Crippen LogP contribution is 2.52. The number of nitrogens with zero attached hydrogens (tertiary/aromatic N) is 2. The molecule has 37 heavy (non-hydrogen) atoms. The van der Waals surface area contributed by atoms with Gasteiger partial charge in [0.25, 0.3) is 11.6 Å². The summed E-state index contributed by atoms with van der Waals surface area (Å²) in [6.45, 7) is 1.18. The van der Waals surface area contributed by atoms with Crippen molar-refractivity contribution in [1.82, 2.24) is 4.90 Å². The molecule has 8 nitrogen and oxygen atoms in total. The summed E-state index contributed by atoms with van der Waals surface area (Å²) in [5.74, 6) is -1.17. The number of esters is 1. The lowest BCUT2D eigenvalue weighted by Gasteiger charge is -2.61. The number of anilines is 1. The van der Waals surface area contributed by atoms with Crippen LogP contribution in [0.25, 0.3) is 0 Å². The molecule has 0 bridgehead atoms. The molecule has 1 aromatic heterocycles. The number of alkyl halides is 3. The van der Waals surface area contributed by atoms with Crippen LogP contribution in [0.2, 0.25) is 0 Å². The molecule has 3 heterocycles. The number of hydrogen-bond acceptors (Lipinski definition) is 8. The molecule has 2 unspecified atom stereocenters. The molecular weight excluding hydrogens is 583 g/mol. The minimum absolute atomic E-state index is 0.00171. The zero-order valence-electron chi connectivity index (χ0n) is 20.0. The predicted octanol–water partition coefficient (Wildman–Crippen LogP) is 4.48. The van der Waals surface area contributed by atoms with Crippen molar-refractivity contribution < 1.29 is 28.6 Å². The highest BCUT2D eigenvalue weighted by molar-refractivity contribution is 8.00. The molecule has 0 radical (unpaired) electrons. The Kier molecular flexibility index (Phi) is 8.69. The van der Waals surface area contributed by atoms with E-state index in [0.717, 1.165) is 5.56 Å². The average molecular weight is 608 g/mol. The number of ether oxygens (including phenoxy) is 3.